The Hall–Kier alpha value is 0.170. The minimum absolute atomic E-state index is 0.130. The highest BCUT2D eigenvalue weighted by Crippen LogP contribution is 2.25. The van der Waals surface area contributed by atoms with Crippen molar-refractivity contribution in [1.29, 1.82) is 0 Å². The van der Waals surface area contributed by atoms with Gasteiger partial charge in [0.1, 0.15) is 0 Å². The van der Waals surface area contributed by atoms with Gasteiger partial charge in [-0.2, -0.15) is 0 Å². The smallest absolute Gasteiger partial charge is 0.378 e. The van der Waals surface area contributed by atoms with E-state index in [2.05, 4.69) is 13.8 Å². The van der Waals surface area contributed by atoms with Crippen LogP contribution in [0.15, 0.2) is 0 Å². The fourth-order valence-electron chi connectivity index (χ4n) is 1.35. The molecule has 0 atom stereocenters. The molecule has 0 aliphatic carbocycles. The van der Waals surface area contributed by atoms with Crippen molar-refractivity contribution in [3.05, 3.63) is 0 Å². The molecule has 0 saturated heterocycles. The molecule has 0 bridgehead atoms. The highest BCUT2D eigenvalue weighted by Gasteiger charge is 2.03. The summed E-state index contributed by atoms with van der Waals surface area (Å²) in [5.74, 6) is 1.06. The van der Waals surface area contributed by atoms with Crippen molar-refractivity contribution in [2.24, 2.45) is 0 Å². The highest BCUT2D eigenvalue weighted by atomic mass is 33.1. The zero-order valence-corrected chi connectivity index (χ0v) is 12.8. The molecule has 0 N–H and O–H groups in total. The number of hydrogen-bond donors (Lipinski definition) is 0. The van der Waals surface area contributed by atoms with Crippen LogP contribution in [0.1, 0.15) is 65.2 Å². The van der Waals surface area contributed by atoms with E-state index in [-0.39, 0.29) is 5.30 Å². The number of rotatable bonds is 11. The van der Waals surface area contributed by atoms with E-state index in [1.54, 1.807) is 10.8 Å². The third-order valence-corrected chi connectivity index (χ3v) is 4.51. The Labute approximate surface area is 114 Å². The number of carbonyl (C=O) groups excluding carboxylic acids is 1. The minimum Gasteiger partial charge on any atom is -0.457 e. The molecule has 17 heavy (non-hydrogen) atoms. The number of carbonyl (C=O) groups is 1. The van der Waals surface area contributed by atoms with Crippen LogP contribution >= 0.6 is 21.6 Å². The Kier molecular flexibility index (Phi) is 14.4. The van der Waals surface area contributed by atoms with E-state index in [0.29, 0.717) is 6.61 Å². The summed E-state index contributed by atoms with van der Waals surface area (Å²) in [6.07, 6.45) is 9.88. The molecule has 0 heterocycles. The van der Waals surface area contributed by atoms with Gasteiger partial charge in [0, 0.05) is 16.5 Å². The van der Waals surface area contributed by atoms with Gasteiger partial charge in [0.15, 0.2) is 0 Å². The predicted molar refractivity (Wildman–Crippen MR) is 79.7 cm³/mol. The summed E-state index contributed by atoms with van der Waals surface area (Å²) < 4.78 is 5.05. The molecule has 0 rings (SSSR count). The molecule has 0 amide bonds. The van der Waals surface area contributed by atoms with Crippen LogP contribution in [0.3, 0.4) is 0 Å². The van der Waals surface area contributed by atoms with Crippen molar-refractivity contribution in [3.63, 3.8) is 0 Å². The zero-order valence-electron chi connectivity index (χ0n) is 11.2. The summed E-state index contributed by atoms with van der Waals surface area (Å²) >= 11 is 0. The lowest BCUT2D eigenvalue weighted by Gasteiger charge is -2.02. The van der Waals surface area contributed by atoms with Gasteiger partial charge in [-0.25, -0.2) is 4.79 Å². The van der Waals surface area contributed by atoms with Crippen molar-refractivity contribution in [1.82, 2.24) is 0 Å². The van der Waals surface area contributed by atoms with Crippen LogP contribution in [0.5, 0.6) is 0 Å². The maximum Gasteiger partial charge on any atom is 0.378 e. The normalized spacial score (nSPS) is 10.5. The Bertz CT molecular complexity index is 175. The Balaban J connectivity index is 3.08. The second-order valence-electron chi connectivity index (χ2n) is 4.13. The van der Waals surface area contributed by atoms with E-state index in [9.17, 15) is 4.79 Å². The zero-order chi connectivity index (χ0) is 12.8. The molecule has 0 unspecified atom stereocenters. The van der Waals surface area contributed by atoms with Crippen LogP contribution < -0.4 is 0 Å². The molecule has 0 radical (unpaired) electrons. The van der Waals surface area contributed by atoms with Crippen molar-refractivity contribution in [3.8, 4) is 0 Å². The van der Waals surface area contributed by atoms with Gasteiger partial charge in [-0.05, 0) is 12.8 Å². The number of hydrogen-bond acceptors (Lipinski definition) is 4. The third kappa shape index (κ3) is 14.1. The summed E-state index contributed by atoms with van der Waals surface area (Å²) in [5.41, 5.74) is 0. The molecule has 0 aliphatic heterocycles. The lowest BCUT2D eigenvalue weighted by Crippen LogP contribution is -1.97. The number of ether oxygens (including phenoxy) is 1. The predicted octanol–water partition coefficient (Wildman–Crippen LogP) is 5.67. The van der Waals surface area contributed by atoms with E-state index >= 15 is 0 Å². The molecular formula is C13H26O2S2. The third-order valence-electron chi connectivity index (χ3n) is 2.43. The van der Waals surface area contributed by atoms with Gasteiger partial charge in [0.25, 0.3) is 0 Å². The van der Waals surface area contributed by atoms with Gasteiger partial charge in [-0.3, -0.25) is 0 Å². The molecule has 0 spiro atoms. The van der Waals surface area contributed by atoms with E-state index in [0.717, 1.165) is 18.6 Å². The van der Waals surface area contributed by atoms with Crippen LogP contribution in [0.2, 0.25) is 0 Å². The fourth-order valence-corrected chi connectivity index (χ4v) is 3.02. The topological polar surface area (TPSA) is 26.3 Å². The monoisotopic (exact) mass is 278 g/mol. The molecule has 102 valence electrons. The summed E-state index contributed by atoms with van der Waals surface area (Å²) in [6, 6.07) is 0. The molecule has 0 aliphatic rings. The summed E-state index contributed by atoms with van der Waals surface area (Å²) in [7, 11) is 2.88. The van der Waals surface area contributed by atoms with Gasteiger partial charge in [0.2, 0.25) is 0 Å². The van der Waals surface area contributed by atoms with Crippen LogP contribution in [0.25, 0.3) is 0 Å². The first-order valence-electron chi connectivity index (χ1n) is 6.77. The van der Waals surface area contributed by atoms with Crippen molar-refractivity contribution in [2.75, 3.05) is 12.4 Å². The Morgan fingerprint density at radius 3 is 2.29 bits per heavy atom. The standard InChI is InChI=1S/C13H26O2S2/c1-3-5-7-8-9-10-12-16-17-13(14)15-11-6-4-2/h3-12H2,1-2H3. The maximum absolute atomic E-state index is 11.2. The summed E-state index contributed by atoms with van der Waals surface area (Å²) in [4.78, 5) is 11.2. The van der Waals surface area contributed by atoms with Gasteiger partial charge < -0.3 is 4.74 Å². The first kappa shape index (κ1) is 17.2. The molecular weight excluding hydrogens is 252 g/mol. The van der Waals surface area contributed by atoms with Crippen molar-refractivity contribution < 1.29 is 9.53 Å². The second-order valence-corrected chi connectivity index (χ2v) is 6.48. The first-order valence-corrected chi connectivity index (χ1v) is 9.09. The quantitative estimate of drug-likeness (QED) is 0.276. The second kappa shape index (κ2) is 14.2. The molecule has 0 aromatic rings. The average molecular weight is 278 g/mol. The molecule has 0 aromatic carbocycles. The van der Waals surface area contributed by atoms with Crippen LogP contribution in [0, 0.1) is 0 Å². The van der Waals surface area contributed by atoms with Crippen LogP contribution in [-0.4, -0.2) is 17.7 Å². The summed E-state index contributed by atoms with van der Waals surface area (Å²) in [5, 5.41) is -0.130. The molecule has 0 aromatic heterocycles. The fraction of sp³-hybridized carbons (Fsp3) is 0.923. The van der Waals surface area contributed by atoms with Crippen molar-refractivity contribution in [2.45, 2.75) is 65.2 Å². The van der Waals surface area contributed by atoms with Gasteiger partial charge in [-0.15, -0.1) is 0 Å². The average Bonchev–Trinajstić information content (AvgIpc) is 2.33. The van der Waals surface area contributed by atoms with E-state index < -0.39 is 0 Å². The highest BCUT2D eigenvalue weighted by molar-refractivity contribution is 8.82. The minimum atomic E-state index is -0.130. The molecule has 0 saturated carbocycles. The van der Waals surface area contributed by atoms with E-state index in [1.165, 1.54) is 49.3 Å². The SMILES string of the molecule is CCCCCCCCSSC(=O)OCCCC. The Morgan fingerprint density at radius 2 is 1.59 bits per heavy atom. The van der Waals surface area contributed by atoms with Gasteiger partial charge >= 0.3 is 5.30 Å². The van der Waals surface area contributed by atoms with Crippen LogP contribution in [-0.2, 0) is 4.74 Å². The van der Waals surface area contributed by atoms with Crippen LogP contribution in [0.4, 0.5) is 4.79 Å². The number of unbranched alkanes of at least 4 members (excludes halogenated alkanes) is 6. The Morgan fingerprint density at radius 1 is 0.941 bits per heavy atom. The first-order chi connectivity index (χ1) is 8.31. The summed E-state index contributed by atoms with van der Waals surface area (Å²) in [6.45, 7) is 4.89. The lowest BCUT2D eigenvalue weighted by atomic mass is 10.1. The van der Waals surface area contributed by atoms with Crippen molar-refractivity contribution >= 4 is 26.9 Å². The van der Waals surface area contributed by atoms with E-state index in [1.807, 2.05) is 0 Å². The lowest BCUT2D eigenvalue weighted by molar-refractivity contribution is 0.173. The van der Waals surface area contributed by atoms with Gasteiger partial charge in [-0.1, -0.05) is 63.2 Å². The molecule has 4 heteroatoms. The molecule has 0 fully saturated rings. The maximum atomic E-state index is 11.2. The largest absolute Gasteiger partial charge is 0.457 e. The van der Waals surface area contributed by atoms with E-state index in [4.69, 9.17) is 4.74 Å². The molecule has 2 nitrogen and oxygen atoms in total. The van der Waals surface area contributed by atoms with Gasteiger partial charge in [0.05, 0.1) is 6.61 Å².